The van der Waals surface area contributed by atoms with Crippen molar-refractivity contribution in [3.05, 3.63) is 53.3 Å². The minimum Gasteiger partial charge on any atom is -0.534 e. The number of hydrogen-bond donors (Lipinski definition) is 3. The Morgan fingerprint density at radius 2 is 2.21 bits per heavy atom. The van der Waals surface area contributed by atoms with Gasteiger partial charge in [0.25, 0.3) is 5.91 Å². The monoisotopic (exact) mass is 326 g/mol. The van der Waals surface area contributed by atoms with Crippen molar-refractivity contribution in [3.63, 3.8) is 0 Å². The molecule has 1 amide bonds. The van der Waals surface area contributed by atoms with Crippen molar-refractivity contribution in [1.82, 2.24) is 5.32 Å². The van der Waals surface area contributed by atoms with Gasteiger partial charge < -0.3 is 20.1 Å². The number of carbonyl (C=O) groups is 2. The lowest BCUT2D eigenvalue weighted by Gasteiger charge is -2.28. The van der Waals surface area contributed by atoms with Crippen LogP contribution in [0.15, 0.2) is 47.1 Å². The first kappa shape index (κ1) is 16.0. The van der Waals surface area contributed by atoms with Crippen molar-refractivity contribution in [3.8, 4) is 5.75 Å². The molecule has 0 spiro atoms. The van der Waals surface area contributed by atoms with Crippen LogP contribution in [0.2, 0.25) is 0 Å². The number of aromatic carboxylic acids is 1. The van der Waals surface area contributed by atoms with Crippen LogP contribution in [0.5, 0.6) is 5.75 Å². The molecule has 0 aromatic heterocycles. The van der Waals surface area contributed by atoms with Gasteiger partial charge in [-0.3, -0.25) is 9.79 Å². The number of fused-ring (bicyclic) bond motifs is 1. The Bertz CT molecular complexity index is 772. The fourth-order valence-electron chi connectivity index (χ4n) is 2.61. The second-order valence-corrected chi connectivity index (χ2v) is 5.45. The zero-order valence-corrected chi connectivity index (χ0v) is 12.7. The van der Waals surface area contributed by atoms with Crippen LogP contribution in [0.4, 0.5) is 0 Å². The molecule has 0 saturated carbocycles. The van der Waals surface area contributed by atoms with Crippen LogP contribution in [0, 0.1) is 0 Å². The maximum absolute atomic E-state index is 12.3. The van der Waals surface area contributed by atoms with Crippen LogP contribution >= 0.6 is 0 Å². The highest BCUT2D eigenvalue weighted by Crippen LogP contribution is 2.30. The molecule has 0 bridgehead atoms. The molecule has 24 heavy (non-hydrogen) atoms. The lowest BCUT2D eigenvalue weighted by atomic mass is 9.72. The molecule has 3 N–H and O–H groups in total. The Labute approximate surface area is 138 Å². The summed E-state index contributed by atoms with van der Waals surface area (Å²) in [5.74, 6) is -2.04. The first-order chi connectivity index (χ1) is 11.6. The lowest BCUT2D eigenvalue weighted by Crippen LogP contribution is -2.53. The van der Waals surface area contributed by atoms with Crippen molar-refractivity contribution >= 4 is 25.2 Å². The summed E-state index contributed by atoms with van der Waals surface area (Å²) in [4.78, 5) is 27.5. The Kier molecular flexibility index (Phi) is 4.48. The number of carbonyl (C=O) groups excluding carboxylic acids is 1. The van der Waals surface area contributed by atoms with E-state index in [0.29, 0.717) is 17.6 Å². The molecule has 8 heteroatoms. The summed E-state index contributed by atoms with van der Waals surface area (Å²) in [5, 5.41) is 22.0. The summed E-state index contributed by atoms with van der Waals surface area (Å²) in [6.07, 6.45) is 7.47. The van der Waals surface area contributed by atoms with Gasteiger partial charge in [0.2, 0.25) is 0 Å². The van der Waals surface area contributed by atoms with Gasteiger partial charge >= 0.3 is 13.1 Å². The van der Waals surface area contributed by atoms with E-state index in [1.54, 1.807) is 24.4 Å². The molecular formula is C16H15BN2O5. The largest absolute Gasteiger partial charge is 0.547 e. The van der Waals surface area contributed by atoms with E-state index in [-0.39, 0.29) is 23.6 Å². The van der Waals surface area contributed by atoms with Crippen LogP contribution < -0.4 is 9.97 Å². The molecule has 7 nitrogen and oxygen atoms in total. The number of nitrogens with zero attached hydrogens (tertiary/aromatic N) is 1. The molecule has 0 radical (unpaired) electrons. The van der Waals surface area contributed by atoms with E-state index >= 15 is 0 Å². The van der Waals surface area contributed by atoms with Crippen molar-refractivity contribution in [1.29, 1.82) is 0 Å². The second-order valence-electron chi connectivity index (χ2n) is 5.45. The summed E-state index contributed by atoms with van der Waals surface area (Å²) in [5.41, 5.74) is 1.01. The minimum absolute atomic E-state index is 0.0130. The molecule has 0 aliphatic carbocycles. The number of nitrogens with one attached hydrogen (secondary N) is 1. The number of benzene rings is 1. The van der Waals surface area contributed by atoms with Gasteiger partial charge in [0.1, 0.15) is 5.75 Å². The van der Waals surface area contributed by atoms with Gasteiger partial charge in [0.05, 0.1) is 17.1 Å². The molecule has 1 aromatic carbocycles. The van der Waals surface area contributed by atoms with Gasteiger partial charge in [-0.25, -0.2) is 4.79 Å². The second kappa shape index (κ2) is 6.71. The maximum Gasteiger partial charge on any atom is 0.547 e. The van der Waals surface area contributed by atoms with E-state index in [4.69, 9.17) is 4.65 Å². The van der Waals surface area contributed by atoms with Gasteiger partial charge in [-0.15, -0.1) is 0 Å². The molecule has 2 heterocycles. The topological polar surface area (TPSA) is 108 Å². The third-order valence-corrected chi connectivity index (χ3v) is 3.81. The van der Waals surface area contributed by atoms with E-state index in [2.05, 4.69) is 10.3 Å². The maximum atomic E-state index is 12.3. The third-order valence-electron chi connectivity index (χ3n) is 3.81. The highest BCUT2D eigenvalue weighted by Gasteiger charge is 2.37. The Balaban J connectivity index is 1.77. The number of rotatable bonds is 3. The fourth-order valence-corrected chi connectivity index (χ4v) is 2.61. The van der Waals surface area contributed by atoms with Crippen LogP contribution in [0.25, 0.3) is 0 Å². The van der Waals surface area contributed by atoms with Crippen molar-refractivity contribution in [2.75, 3.05) is 0 Å². The first-order valence-electron chi connectivity index (χ1n) is 7.45. The standard InChI is InChI=1S/C16H15BN2O5/c20-15(11-4-1-2-7-18-9-11)19-13-8-10-5-3-6-12(16(21)22)14(10)24-17(13)23/h2-7,9,13,23H,1,8H2,(H,19,20)(H,21,22)/t13-/m0/s1. The lowest BCUT2D eigenvalue weighted by molar-refractivity contribution is -0.117. The molecule has 0 fully saturated rings. The summed E-state index contributed by atoms with van der Waals surface area (Å²) in [6.45, 7) is 0. The Morgan fingerprint density at radius 3 is 3.00 bits per heavy atom. The highest BCUT2D eigenvalue weighted by molar-refractivity contribution is 6.47. The van der Waals surface area contributed by atoms with E-state index in [1.807, 2.05) is 6.08 Å². The molecule has 0 unspecified atom stereocenters. The molecule has 2 aliphatic rings. The van der Waals surface area contributed by atoms with Crippen molar-refractivity contribution in [2.45, 2.75) is 18.8 Å². The molecule has 122 valence electrons. The van der Waals surface area contributed by atoms with Crippen LogP contribution in [-0.4, -0.2) is 41.3 Å². The zero-order valence-electron chi connectivity index (χ0n) is 12.7. The van der Waals surface area contributed by atoms with Crippen molar-refractivity contribution in [2.24, 2.45) is 4.99 Å². The van der Waals surface area contributed by atoms with E-state index in [1.165, 1.54) is 12.3 Å². The van der Waals surface area contributed by atoms with E-state index in [0.717, 1.165) is 0 Å². The molecule has 1 atom stereocenters. The zero-order chi connectivity index (χ0) is 17.1. The Hall–Kier alpha value is -2.87. The fraction of sp³-hybridized carbons (Fsp3) is 0.188. The van der Waals surface area contributed by atoms with E-state index < -0.39 is 19.0 Å². The number of aliphatic imine (C=N–C) groups is 1. The van der Waals surface area contributed by atoms with E-state index in [9.17, 15) is 19.7 Å². The van der Waals surface area contributed by atoms with Gasteiger partial charge in [-0.2, -0.15) is 0 Å². The summed E-state index contributed by atoms with van der Waals surface area (Å²) < 4.78 is 5.34. The highest BCUT2D eigenvalue weighted by atomic mass is 16.5. The predicted octanol–water partition coefficient (Wildman–Crippen LogP) is 0.739. The normalized spacial score (nSPS) is 19.0. The van der Waals surface area contributed by atoms with Crippen LogP contribution in [-0.2, 0) is 11.2 Å². The van der Waals surface area contributed by atoms with Gasteiger partial charge in [0, 0.05) is 12.4 Å². The predicted molar refractivity (Wildman–Crippen MR) is 88.0 cm³/mol. The summed E-state index contributed by atoms with van der Waals surface area (Å²) in [6, 6.07) is 4.73. The van der Waals surface area contributed by atoms with Crippen LogP contribution in [0.3, 0.4) is 0 Å². The SMILES string of the molecule is O=C(N[C@H]1Cc2cccc(C(=O)O)c2OB1O)C1=CCC=CN=C1. The smallest absolute Gasteiger partial charge is 0.534 e. The number of allylic oxidation sites excluding steroid dienone is 2. The number of carboxylic acids is 1. The number of amides is 1. The van der Waals surface area contributed by atoms with Gasteiger partial charge in [-0.05, 0) is 24.5 Å². The molecule has 1 aromatic rings. The van der Waals surface area contributed by atoms with Gasteiger partial charge in [-0.1, -0.05) is 24.3 Å². The average Bonchev–Trinajstić information content (AvgIpc) is 2.84. The summed E-state index contributed by atoms with van der Waals surface area (Å²) >= 11 is 0. The molecular weight excluding hydrogens is 311 g/mol. The number of carboxylic acid groups (broad SMARTS) is 1. The number of hydrogen-bond acceptors (Lipinski definition) is 5. The first-order valence-corrected chi connectivity index (χ1v) is 7.45. The minimum atomic E-state index is -1.33. The quantitative estimate of drug-likeness (QED) is 0.710. The van der Waals surface area contributed by atoms with Gasteiger partial charge in [0.15, 0.2) is 0 Å². The molecule has 3 rings (SSSR count). The van der Waals surface area contributed by atoms with Crippen LogP contribution in [0.1, 0.15) is 22.3 Å². The summed E-state index contributed by atoms with van der Waals surface area (Å²) in [7, 11) is -1.33. The van der Waals surface area contributed by atoms with Crippen molar-refractivity contribution < 1.29 is 24.4 Å². The molecule has 2 aliphatic heterocycles. The third kappa shape index (κ3) is 3.23. The average molecular weight is 326 g/mol. The molecule has 0 saturated heterocycles. The number of para-hydroxylation sites is 1. The Morgan fingerprint density at radius 1 is 1.38 bits per heavy atom.